The van der Waals surface area contributed by atoms with Gasteiger partial charge in [-0.2, -0.15) is 0 Å². The topological polar surface area (TPSA) is 82.1 Å². The number of hydrogen-bond donors (Lipinski definition) is 2. The van der Waals surface area contributed by atoms with E-state index >= 15 is 0 Å². The van der Waals surface area contributed by atoms with Gasteiger partial charge >= 0.3 is 5.97 Å². The van der Waals surface area contributed by atoms with E-state index in [1.54, 1.807) is 24.3 Å². The van der Waals surface area contributed by atoms with Gasteiger partial charge in [-0.25, -0.2) is 4.79 Å². The van der Waals surface area contributed by atoms with Crippen LogP contribution in [0.25, 0.3) is 0 Å². The number of nitrogens with one attached hydrogen (secondary N) is 1. The van der Waals surface area contributed by atoms with Crippen LogP contribution < -0.4 is 15.0 Å². The summed E-state index contributed by atoms with van der Waals surface area (Å²) >= 11 is 0. The van der Waals surface area contributed by atoms with E-state index in [-0.39, 0.29) is 17.9 Å². The Morgan fingerprint density at radius 1 is 1.07 bits per heavy atom. The Bertz CT molecular complexity index is 833. The van der Waals surface area contributed by atoms with Gasteiger partial charge in [0.2, 0.25) is 0 Å². The number of anilines is 2. The number of rotatable bonds is 8. The van der Waals surface area contributed by atoms with E-state index in [9.17, 15) is 14.7 Å². The van der Waals surface area contributed by atoms with Crippen LogP contribution in [0.1, 0.15) is 23.7 Å². The van der Waals surface area contributed by atoms with E-state index in [1.807, 2.05) is 24.3 Å². The lowest BCUT2D eigenvalue weighted by molar-refractivity contribution is -0.118. The molecule has 2 aromatic rings. The highest BCUT2D eigenvalue weighted by atomic mass is 16.5. The summed E-state index contributed by atoms with van der Waals surface area (Å²) < 4.78 is 5.42. The van der Waals surface area contributed by atoms with Crippen molar-refractivity contribution in [2.75, 3.05) is 49.5 Å². The first-order valence-corrected chi connectivity index (χ1v) is 9.89. The van der Waals surface area contributed by atoms with Crippen LogP contribution in [0.5, 0.6) is 5.75 Å². The van der Waals surface area contributed by atoms with Gasteiger partial charge in [0, 0.05) is 31.9 Å². The molecule has 7 nitrogen and oxygen atoms in total. The van der Waals surface area contributed by atoms with Crippen LogP contribution in [0.3, 0.4) is 0 Å². The van der Waals surface area contributed by atoms with Crippen molar-refractivity contribution in [3.63, 3.8) is 0 Å². The van der Waals surface area contributed by atoms with Crippen LogP contribution in [-0.2, 0) is 4.79 Å². The minimum Gasteiger partial charge on any atom is -0.484 e. The summed E-state index contributed by atoms with van der Waals surface area (Å²) in [5.41, 5.74) is 1.20. The molecule has 2 N–H and O–H groups in total. The second-order valence-corrected chi connectivity index (χ2v) is 7.01. The average Bonchev–Trinajstić information content (AvgIpc) is 2.74. The summed E-state index contributed by atoms with van der Waals surface area (Å²) in [5.74, 6) is -0.897. The first-order chi connectivity index (χ1) is 14.1. The van der Waals surface area contributed by atoms with Gasteiger partial charge in [-0.05, 0) is 43.3 Å². The van der Waals surface area contributed by atoms with E-state index < -0.39 is 11.9 Å². The monoisotopic (exact) mass is 397 g/mol. The van der Waals surface area contributed by atoms with Gasteiger partial charge in [0.25, 0.3) is 5.91 Å². The molecule has 1 aliphatic rings. The normalized spacial score (nSPS) is 14.4. The lowest BCUT2D eigenvalue weighted by atomic mass is 10.1. The summed E-state index contributed by atoms with van der Waals surface area (Å²) in [4.78, 5) is 28.5. The molecule has 1 saturated heterocycles. The second kappa shape index (κ2) is 9.93. The quantitative estimate of drug-likeness (QED) is 0.713. The Morgan fingerprint density at radius 2 is 1.79 bits per heavy atom. The van der Waals surface area contributed by atoms with E-state index in [0.29, 0.717) is 5.75 Å². The predicted octanol–water partition coefficient (Wildman–Crippen LogP) is 2.93. The van der Waals surface area contributed by atoms with Crippen LogP contribution in [0.15, 0.2) is 48.5 Å². The van der Waals surface area contributed by atoms with Crippen LogP contribution in [0.2, 0.25) is 0 Å². The number of carbonyl (C=O) groups is 2. The zero-order chi connectivity index (χ0) is 20.6. The molecule has 0 unspecified atom stereocenters. The maximum atomic E-state index is 12.2. The highest BCUT2D eigenvalue weighted by Gasteiger charge is 2.20. The van der Waals surface area contributed by atoms with Crippen molar-refractivity contribution in [2.24, 2.45) is 0 Å². The highest BCUT2D eigenvalue weighted by Crippen LogP contribution is 2.25. The van der Waals surface area contributed by atoms with Gasteiger partial charge < -0.3 is 20.1 Å². The van der Waals surface area contributed by atoms with Crippen molar-refractivity contribution in [1.29, 1.82) is 0 Å². The Balaban J connectivity index is 1.63. The maximum absolute atomic E-state index is 12.2. The van der Waals surface area contributed by atoms with Gasteiger partial charge in [-0.15, -0.1) is 0 Å². The molecule has 0 atom stereocenters. The number of amides is 1. The zero-order valence-corrected chi connectivity index (χ0v) is 16.6. The van der Waals surface area contributed by atoms with E-state index in [4.69, 9.17) is 4.74 Å². The Kier molecular flexibility index (Phi) is 7.08. The molecule has 0 saturated carbocycles. The molecule has 0 bridgehead atoms. The number of carboxylic acid groups (broad SMARTS) is 1. The molecule has 2 aromatic carbocycles. The molecule has 1 amide bonds. The molecule has 29 heavy (non-hydrogen) atoms. The maximum Gasteiger partial charge on any atom is 0.337 e. The second-order valence-electron chi connectivity index (χ2n) is 7.01. The standard InChI is InChI=1S/C22H27N3O4/c1-2-10-24-11-13-25(14-12-24)17-8-9-20(19(15-17)22(27)28)23-21(26)16-29-18-6-4-3-5-7-18/h3-9,15H,2,10-14,16H2,1H3,(H,23,26)(H,27,28). The van der Waals surface area contributed by atoms with Crippen molar-refractivity contribution >= 4 is 23.3 Å². The molecule has 7 heteroatoms. The molecule has 3 rings (SSSR count). The summed E-state index contributed by atoms with van der Waals surface area (Å²) in [6, 6.07) is 14.1. The molecule has 0 spiro atoms. The number of carbonyl (C=O) groups excluding carboxylic acids is 1. The number of piperazine rings is 1. The number of aromatic carboxylic acids is 1. The van der Waals surface area contributed by atoms with Gasteiger partial charge in [-0.3, -0.25) is 9.69 Å². The molecule has 0 radical (unpaired) electrons. The molecular weight excluding hydrogens is 370 g/mol. The minimum atomic E-state index is -1.07. The smallest absolute Gasteiger partial charge is 0.337 e. The average molecular weight is 397 g/mol. The molecule has 154 valence electrons. The van der Waals surface area contributed by atoms with E-state index in [0.717, 1.165) is 44.8 Å². The molecule has 1 aliphatic heterocycles. The number of hydrogen-bond acceptors (Lipinski definition) is 5. The molecule has 1 fully saturated rings. The first-order valence-electron chi connectivity index (χ1n) is 9.89. The SMILES string of the molecule is CCCN1CCN(c2ccc(NC(=O)COc3ccccc3)c(C(=O)O)c2)CC1. The molecular formula is C22H27N3O4. The van der Waals surface area contributed by atoms with E-state index in [2.05, 4.69) is 22.0 Å². The highest BCUT2D eigenvalue weighted by molar-refractivity contribution is 6.01. The van der Waals surface area contributed by atoms with Crippen LogP contribution in [0.4, 0.5) is 11.4 Å². The van der Waals surface area contributed by atoms with Crippen LogP contribution >= 0.6 is 0 Å². The van der Waals surface area contributed by atoms with Crippen LogP contribution in [0, 0.1) is 0 Å². The van der Waals surface area contributed by atoms with Crippen molar-refractivity contribution in [3.05, 3.63) is 54.1 Å². The van der Waals surface area contributed by atoms with Gasteiger partial charge in [0.15, 0.2) is 6.61 Å². The molecule has 0 aromatic heterocycles. The number of carboxylic acids is 1. The number of benzene rings is 2. The van der Waals surface area contributed by atoms with Gasteiger partial charge in [0.1, 0.15) is 5.75 Å². The largest absolute Gasteiger partial charge is 0.484 e. The summed E-state index contributed by atoms with van der Waals surface area (Å²) in [6.07, 6.45) is 1.13. The molecule has 0 aliphatic carbocycles. The van der Waals surface area contributed by atoms with E-state index in [1.165, 1.54) is 0 Å². The van der Waals surface area contributed by atoms with Crippen molar-refractivity contribution in [2.45, 2.75) is 13.3 Å². The van der Waals surface area contributed by atoms with Crippen molar-refractivity contribution < 1.29 is 19.4 Å². The summed E-state index contributed by atoms with van der Waals surface area (Å²) in [6.45, 7) is 6.71. The number of para-hydroxylation sites is 1. The predicted molar refractivity (Wildman–Crippen MR) is 113 cm³/mol. The van der Waals surface area contributed by atoms with Crippen LogP contribution in [-0.4, -0.2) is 61.2 Å². The summed E-state index contributed by atoms with van der Waals surface area (Å²) in [7, 11) is 0. The van der Waals surface area contributed by atoms with Crippen molar-refractivity contribution in [1.82, 2.24) is 4.90 Å². The third kappa shape index (κ3) is 5.71. The third-order valence-corrected chi connectivity index (χ3v) is 4.90. The fourth-order valence-electron chi connectivity index (χ4n) is 3.41. The van der Waals surface area contributed by atoms with Gasteiger partial charge in [-0.1, -0.05) is 25.1 Å². The lowest BCUT2D eigenvalue weighted by Gasteiger charge is -2.36. The molecule has 1 heterocycles. The fourth-order valence-corrected chi connectivity index (χ4v) is 3.41. The number of ether oxygens (including phenoxy) is 1. The lowest BCUT2D eigenvalue weighted by Crippen LogP contribution is -2.46. The Morgan fingerprint density at radius 3 is 2.45 bits per heavy atom. The Labute approximate surface area is 170 Å². The fraction of sp³-hybridized carbons (Fsp3) is 0.364. The summed E-state index contributed by atoms with van der Waals surface area (Å²) in [5, 5.41) is 12.3. The van der Waals surface area contributed by atoms with Gasteiger partial charge in [0.05, 0.1) is 11.3 Å². The Hall–Kier alpha value is -3.06. The first kappa shape index (κ1) is 20.7. The zero-order valence-electron chi connectivity index (χ0n) is 16.6. The third-order valence-electron chi connectivity index (χ3n) is 4.90. The number of nitrogens with zero attached hydrogens (tertiary/aromatic N) is 2. The van der Waals surface area contributed by atoms with Crippen molar-refractivity contribution in [3.8, 4) is 5.75 Å². The minimum absolute atomic E-state index is 0.0755.